The van der Waals surface area contributed by atoms with Crippen molar-refractivity contribution in [1.82, 2.24) is 10.2 Å². The van der Waals surface area contributed by atoms with Crippen LogP contribution in [0.4, 0.5) is 9.18 Å². The van der Waals surface area contributed by atoms with Crippen LogP contribution in [0.3, 0.4) is 0 Å². The fraction of sp³-hybridized carbons (Fsp3) is 0.533. The molecule has 2 atom stereocenters. The third-order valence-corrected chi connectivity index (χ3v) is 3.41. The minimum atomic E-state index is -0.291. The Morgan fingerprint density at radius 2 is 2.05 bits per heavy atom. The largest absolute Gasteiger partial charge is 0.447 e. The molecule has 4 nitrogen and oxygen atoms in total. The number of halogens is 1. The van der Waals surface area contributed by atoms with Crippen molar-refractivity contribution in [2.24, 2.45) is 0 Å². The van der Waals surface area contributed by atoms with Crippen molar-refractivity contribution in [3.05, 3.63) is 35.6 Å². The lowest BCUT2D eigenvalue weighted by Crippen LogP contribution is -2.54. The number of nitrogens with zero attached hydrogens (tertiary/aromatic N) is 1. The number of carbonyl (C=O) groups excluding carboxylic acids is 1. The van der Waals surface area contributed by atoms with Gasteiger partial charge in [-0.05, 0) is 38.5 Å². The molecule has 2 rings (SSSR count). The molecule has 0 radical (unpaired) electrons. The van der Waals surface area contributed by atoms with Crippen LogP contribution in [0.2, 0.25) is 0 Å². The number of hydrogen-bond acceptors (Lipinski definition) is 3. The van der Waals surface area contributed by atoms with Crippen molar-refractivity contribution >= 4 is 6.09 Å². The summed E-state index contributed by atoms with van der Waals surface area (Å²) in [4.78, 5) is 13.8. The highest BCUT2D eigenvalue weighted by molar-refractivity contribution is 5.68. The number of benzene rings is 1. The van der Waals surface area contributed by atoms with E-state index in [2.05, 4.69) is 5.32 Å². The fourth-order valence-electron chi connectivity index (χ4n) is 2.31. The molecule has 110 valence electrons. The minimum Gasteiger partial charge on any atom is -0.447 e. The van der Waals surface area contributed by atoms with Gasteiger partial charge in [-0.25, -0.2) is 9.18 Å². The van der Waals surface area contributed by atoms with Crippen LogP contribution in [-0.2, 0) is 4.74 Å². The third kappa shape index (κ3) is 3.48. The molecule has 1 aliphatic rings. The van der Waals surface area contributed by atoms with E-state index in [0.29, 0.717) is 13.1 Å². The van der Waals surface area contributed by atoms with Gasteiger partial charge < -0.3 is 15.0 Å². The van der Waals surface area contributed by atoms with Crippen molar-refractivity contribution in [2.75, 3.05) is 13.1 Å². The maximum Gasteiger partial charge on any atom is 0.410 e. The number of carbonyl (C=O) groups is 1. The van der Waals surface area contributed by atoms with Crippen molar-refractivity contribution in [3.8, 4) is 0 Å². The molecule has 5 heteroatoms. The molecule has 1 saturated heterocycles. The van der Waals surface area contributed by atoms with Gasteiger partial charge in [0.15, 0.2) is 0 Å². The molecule has 0 saturated carbocycles. The van der Waals surface area contributed by atoms with Gasteiger partial charge in [0.25, 0.3) is 0 Å². The highest BCUT2D eigenvalue weighted by atomic mass is 19.1. The molecule has 0 bridgehead atoms. The smallest absolute Gasteiger partial charge is 0.410 e. The second-order valence-corrected chi connectivity index (χ2v) is 5.45. The molecular weight excluding hydrogens is 259 g/mol. The molecule has 1 amide bonds. The zero-order valence-corrected chi connectivity index (χ0v) is 12.1. The van der Waals surface area contributed by atoms with Crippen LogP contribution in [0.5, 0.6) is 0 Å². The predicted octanol–water partition coefficient (Wildman–Crippen LogP) is 2.71. The first-order chi connectivity index (χ1) is 9.47. The van der Waals surface area contributed by atoms with Gasteiger partial charge in [-0.3, -0.25) is 0 Å². The number of piperazine rings is 1. The van der Waals surface area contributed by atoms with Crippen LogP contribution in [-0.4, -0.2) is 36.2 Å². The van der Waals surface area contributed by atoms with Crippen molar-refractivity contribution in [1.29, 1.82) is 0 Å². The van der Waals surface area contributed by atoms with Gasteiger partial charge in [0, 0.05) is 19.1 Å². The van der Waals surface area contributed by atoms with E-state index in [1.54, 1.807) is 17.0 Å². The SMILES string of the molecule is CC(C)OC(=O)N1CC(c2ccc(F)cc2)NCC1C. The van der Waals surface area contributed by atoms with E-state index in [1.165, 1.54) is 12.1 Å². The normalized spacial score (nSPS) is 22.9. The quantitative estimate of drug-likeness (QED) is 0.905. The first-order valence-electron chi connectivity index (χ1n) is 6.93. The molecule has 0 aromatic heterocycles. The van der Waals surface area contributed by atoms with Crippen LogP contribution < -0.4 is 5.32 Å². The molecule has 20 heavy (non-hydrogen) atoms. The van der Waals surface area contributed by atoms with Crippen LogP contribution >= 0.6 is 0 Å². The molecule has 1 aromatic carbocycles. The average molecular weight is 280 g/mol. The average Bonchev–Trinajstić information content (AvgIpc) is 2.39. The Bertz CT molecular complexity index is 461. The summed E-state index contributed by atoms with van der Waals surface area (Å²) in [5.41, 5.74) is 0.973. The van der Waals surface area contributed by atoms with Crippen molar-refractivity contribution in [3.63, 3.8) is 0 Å². The van der Waals surface area contributed by atoms with E-state index >= 15 is 0 Å². The van der Waals surface area contributed by atoms with Crippen LogP contribution in [0, 0.1) is 5.82 Å². The summed E-state index contributed by atoms with van der Waals surface area (Å²) < 4.78 is 18.2. The van der Waals surface area contributed by atoms with Gasteiger partial charge in [-0.15, -0.1) is 0 Å². The van der Waals surface area contributed by atoms with Crippen LogP contribution in [0.15, 0.2) is 24.3 Å². The molecule has 1 heterocycles. The minimum absolute atomic E-state index is 0.00603. The number of nitrogens with one attached hydrogen (secondary N) is 1. The molecule has 1 aromatic rings. The molecule has 1 fully saturated rings. The summed E-state index contributed by atoms with van der Waals surface area (Å²) in [6.07, 6.45) is -0.421. The number of amides is 1. The van der Waals surface area contributed by atoms with Gasteiger partial charge in [0.05, 0.1) is 12.1 Å². The lowest BCUT2D eigenvalue weighted by Gasteiger charge is -2.38. The van der Waals surface area contributed by atoms with Crippen LogP contribution in [0.1, 0.15) is 32.4 Å². The van der Waals surface area contributed by atoms with E-state index < -0.39 is 0 Å². The summed E-state index contributed by atoms with van der Waals surface area (Å²) >= 11 is 0. The van der Waals surface area contributed by atoms with Gasteiger partial charge in [0.2, 0.25) is 0 Å². The Morgan fingerprint density at radius 3 is 2.65 bits per heavy atom. The van der Waals surface area contributed by atoms with Crippen molar-refractivity contribution in [2.45, 2.75) is 39.0 Å². The highest BCUT2D eigenvalue weighted by Crippen LogP contribution is 2.21. The van der Waals surface area contributed by atoms with Gasteiger partial charge >= 0.3 is 6.09 Å². The fourth-order valence-corrected chi connectivity index (χ4v) is 2.31. The number of hydrogen-bond donors (Lipinski definition) is 1. The number of rotatable bonds is 2. The standard InChI is InChI=1S/C15H21FN2O2/c1-10(2)20-15(19)18-9-14(17-8-11(18)3)12-4-6-13(16)7-5-12/h4-7,10-11,14,17H,8-9H2,1-3H3. The molecule has 1 N–H and O–H groups in total. The summed E-state index contributed by atoms with van der Waals surface area (Å²) in [6.45, 7) is 6.87. The molecular formula is C15H21FN2O2. The topological polar surface area (TPSA) is 41.6 Å². The zero-order chi connectivity index (χ0) is 14.7. The van der Waals surface area contributed by atoms with Crippen molar-refractivity contribution < 1.29 is 13.9 Å². The highest BCUT2D eigenvalue weighted by Gasteiger charge is 2.30. The van der Waals surface area contributed by atoms with E-state index in [0.717, 1.165) is 5.56 Å². The molecule has 2 unspecified atom stereocenters. The Hall–Kier alpha value is -1.62. The van der Waals surface area contributed by atoms with Gasteiger partial charge in [0.1, 0.15) is 5.82 Å². The van der Waals surface area contributed by atoms with E-state index in [-0.39, 0.29) is 30.1 Å². The second kappa shape index (κ2) is 6.22. The lowest BCUT2D eigenvalue weighted by molar-refractivity contribution is 0.0520. The van der Waals surface area contributed by atoms with Gasteiger partial charge in [-0.1, -0.05) is 12.1 Å². The van der Waals surface area contributed by atoms with Crippen LogP contribution in [0.25, 0.3) is 0 Å². The molecule has 0 spiro atoms. The first-order valence-corrected chi connectivity index (χ1v) is 6.93. The summed E-state index contributed by atoms with van der Waals surface area (Å²) in [5.74, 6) is -0.256. The van der Waals surface area contributed by atoms with Gasteiger partial charge in [-0.2, -0.15) is 0 Å². The van der Waals surface area contributed by atoms with E-state index in [1.807, 2.05) is 20.8 Å². The van der Waals surface area contributed by atoms with E-state index in [9.17, 15) is 9.18 Å². The third-order valence-electron chi connectivity index (χ3n) is 3.41. The number of ether oxygens (including phenoxy) is 1. The Balaban J connectivity index is 2.07. The zero-order valence-electron chi connectivity index (χ0n) is 12.1. The lowest BCUT2D eigenvalue weighted by atomic mass is 10.0. The molecule has 1 aliphatic heterocycles. The maximum absolute atomic E-state index is 13.0. The summed E-state index contributed by atoms with van der Waals surface area (Å²) in [7, 11) is 0. The summed E-state index contributed by atoms with van der Waals surface area (Å²) in [5, 5.41) is 3.37. The Morgan fingerprint density at radius 1 is 1.40 bits per heavy atom. The summed E-state index contributed by atoms with van der Waals surface area (Å²) in [6, 6.07) is 6.45. The molecule has 0 aliphatic carbocycles. The maximum atomic E-state index is 13.0. The first kappa shape index (κ1) is 14.8. The Labute approximate surface area is 118 Å². The predicted molar refractivity (Wildman–Crippen MR) is 74.9 cm³/mol. The Kier molecular flexibility index (Phi) is 4.60. The monoisotopic (exact) mass is 280 g/mol. The second-order valence-electron chi connectivity index (χ2n) is 5.45. The van der Waals surface area contributed by atoms with E-state index in [4.69, 9.17) is 4.74 Å².